The van der Waals surface area contributed by atoms with Gasteiger partial charge in [-0.2, -0.15) is 0 Å². The molecule has 0 fully saturated rings. The molecule has 3 nitrogen and oxygen atoms in total. The molecule has 1 heterocycles. The molecule has 0 spiro atoms. The maximum Gasteiger partial charge on any atom is 0.265 e. The molecule has 17 heavy (non-hydrogen) atoms. The molecule has 1 aromatic heterocycles. The molecular weight excluding hydrogens is 234 g/mol. The number of nitrogens with zero attached hydrogens (tertiary/aromatic N) is 3. The Labute approximate surface area is 109 Å². The van der Waals surface area contributed by atoms with Crippen molar-refractivity contribution in [3.05, 3.63) is 48.5 Å². The summed E-state index contributed by atoms with van der Waals surface area (Å²) >= 11 is 0. The van der Waals surface area contributed by atoms with Crippen LogP contribution < -0.4 is 17.0 Å². The van der Waals surface area contributed by atoms with E-state index in [0.29, 0.717) is 0 Å². The first-order valence-corrected chi connectivity index (χ1v) is 5.84. The van der Waals surface area contributed by atoms with Crippen LogP contribution in [0, 0.1) is 0 Å². The average Bonchev–Trinajstić information content (AvgIpc) is 2.75. The Morgan fingerprint density at radius 1 is 1.24 bits per heavy atom. The Morgan fingerprint density at radius 2 is 2.00 bits per heavy atom. The van der Waals surface area contributed by atoms with E-state index in [4.69, 9.17) is 0 Å². The summed E-state index contributed by atoms with van der Waals surface area (Å²) in [5.41, 5.74) is 1.31. The minimum atomic E-state index is 0. The molecule has 0 saturated heterocycles. The minimum absolute atomic E-state index is 0. The lowest BCUT2D eigenvalue weighted by Crippen LogP contribution is -3.00. The number of hydrogen-bond donors (Lipinski definition) is 0. The van der Waals surface area contributed by atoms with Crippen molar-refractivity contribution >= 4 is 0 Å². The zero-order valence-corrected chi connectivity index (χ0v) is 10.8. The Hall–Kier alpha value is -1.35. The Kier molecular flexibility index (Phi) is 5.70. The van der Waals surface area contributed by atoms with E-state index >= 15 is 0 Å². The molecule has 0 radical (unpaired) electrons. The minimum Gasteiger partial charge on any atom is -1.00 e. The van der Waals surface area contributed by atoms with Gasteiger partial charge in [-0.3, -0.25) is 0 Å². The summed E-state index contributed by atoms with van der Waals surface area (Å²) in [4.78, 5) is 0. The van der Waals surface area contributed by atoms with Gasteiger partial charge in [0, 0.05) is 5.10 Å². The summed E-state index contributed by atoms with van der Waals surface area (Å²) in [5, 5.41) is 4.33. The largest absolute Gasteiger partial charge is 1.00 e. The highest BCUT2D eigenvalue weighted by molar-refractivity contribution is 5.13. The standard InChI is InChI=1S/C13H18N3.ClH/c1-2-3-9-16-12-15(11-14-16)10-13-7-5-4-6-8-13;/h4-8,11-12H,2-3,9-10H2,1H3;1H/q+1;/p-1. The second-order valence-corrected chi connectivity index (χ2v) is 4.02. The molecule has 0 bridgehead atoms. The lowest BCUT2D eigenvalue weighted by molar-refractivity contribution is -0.689. The van der Waals surface area contributed by atoms with Crippen LogP contribution in [0.4, 0.5) is 0 Å². The first-order valence-electron chi connectivity index (χ1n) is 5.84. The molecule has 0 atom stereocenters. The van der Waals surface area contributed by atoms with Crippen LogP contribution in [-0.2, 0) is 13.1 Å². The van der Waals surface area contributed by atoms with Gasteiger partial charge in [-0.1, -0.05) is 43.7 Å². The number of aryl methyl sites for hydroxylation is 1. The van der Waals surface area contributed by atoms with Gasteiger partial charge in [0.1, 0.15) is 6.54 Å². The Morgan fingerprint density at radius 3 is 2.71 bits per heavy atom. The molecule has 4 heteroatoms. The molecule has 0 saturated carbocycles. The van der Waals surface area contributed by atoms with E-state index in [1.54, 1.807) is 0 Å². The van der Waals surface area contributed by atoms with Gasteiger partial charge in [0.2, 0.25) is 6.33 Å². The van der Waals surface area contributed by atoms with Crippen molar-refractivity contribution in [2.24, 2.45) is 0 Å². The van der Waals surface area contributed by atoms with Crippen molar-refractivity contribution < 1.29 is 17.0 Å². The average molecular weight is 252 g/mol. The molecule has 0 aliphatic carbocycles. The molecule has 0 aliphatic heterocycles. The first-order chi connectivity index (χ1) is 7.88. The van der Waals surface area contributed by atoms with Gasteiger partial charge >= 0.3 is 0 Å². The second-order valence-electron chi connectivity index (χ2n) is 4.02. The Bertz CT molecular complexity index is 425. The fraction of sp³-hybridized carbons (Fsp3) is 0.385. The Balaban J connectivity index is 0.00000144. The quantitative estimate of drug-likeness (QED) is 0.627. The predicted octanol–water partition coefficient (Wildman–Crippen LogP) is -0.977. The van der Waals surface area contributed by atoms with Crippen molar-refractivity contribution in [3.8, 4) is 0 Å². The van der Waals surface area contributed by atoms with Crippen molar-refractivity contribution in [2.75, 3.05) is 0 Å². The number of hydrogen-bond acceptors (Lipinski definition) is 1. The number of halogens is 1. The van der Waals surface area contributed by atoms with Crippen molar-refractivity contribution in [3.63, 3.8) is 0 Å². The van der Waals surface area contributed by atoms with Gasteiger partial charge in [0.25, 0.3) is 6.33 Å². The zero-order chi connectivity index (χ0) is 11.2. The molecule has 0 aliphatic rings. The van der Waals surface area contributed by atoms with Crippen LogP contribution >= 0.6 is 0 Å². The van der Waals surface area contributed by atoms with Gasteiger partial charge in [0.05, 0.1) is 6.54 Å². The van der Waals surface area contributed by atoms with Crippen LogP contribution in [0.1, 0.15) is 25.3 Å². The number of aromatic nitrogens is 3. The van der Waals surface area contributed by atoms with Crippen LogP contribution in [0.3, 0.4) is 0 Å². The summed E-state index contributed by atoms with van der Waals surface area (Å²) in [6.07, 6.45) is 6.36. The van der Waals surface area contributed by atoms with E-state index < -0.39 is 0 Å². The van der Waals surface area contributed by atoms with Crippen molar-refractivity contribution in [1.82, 2.24) is 9.78 Å². The topological polar surface area (TPSA) is 21.7 Å². The zero-order valence-electron chi connectivity index (χ0n) is 10.1. The van der Waals surface area contributed by atoms with E-state index in [1.165, 1.54) is 18.4 Å². The van der Waals surface area contributed by atoms with Gasteiger partial charge in [-0.15, -0.1) is 4.68 Å². The third-order valence-electron chi connectivity index (χ3n) is 2.58. The molecule has 0 amide bonds. The fourth-order valence-corrected chi connectivity index (χ4v) is 1.67. The molecule has 0 N–H and O–H groups in total. The second kappa shape index (κ2) is 7.07. The summed E-state index contributed by atoms with van der Waals surface area (Å²) in [5.74, 6) is 0. The van der Waals surface area contributed by atoms with Crippen LogP contribution in [0.5, 0.6) is 0 Å². The van der Waals surface area contributed by atoms with Crippen molar-refractivity contribution in [1.29, 1.82) is 0 Å². The number of unbranched alkanes of at least 4 members (excludes halogenated alkanes) is 1. The first kappa shape index (κ1) is 13.7. The number of rotatable bonds is 5. The molecule has 2 aromatic rings. The van der Waals surface area contributed by atoms with Gasteiger partial charge in [0.15, 0.2) is 0 Å². The van der Waals surface area contributed by atoms with Crippen LogP contribution in [-0.4, -0.2) is 9.78 Å². The predicted molar refractivity (Wildman–Crippen MR) is 62.9 cm³/mol. The third kappa shape index (κ3) is 4.19. The van der Waals surface area contributed by atoms with Gasteiger partial charge in [-0.05, 0) is 12.0 Å². The fourth-order valence-electron chi connectivity index (χ4n) is 1.67. The van der Waals surface area contributed by atoms with E-state index in [0.717, 1.165) is 13.1 Å². The normalized spacial score (nSPS) is 9.94. The van der Waals surface area contributed by atoms with E-state index in [-0.39, 0.29) is 12.4 Å². The van der Waals surface area contributed by atoms with Crippen molar-refractivity contribution in [2.45, 2.75) is 32.9 Å². The highest BCUT2D eigenvalue weighted by atomic mass is 35.5. The van der Waals surface area contributed by atoms with Gasteiger partial charge < -0.3 is 12.4 Å². The van der Waals surface area contributed by atoms with Crippen LogP contribution in [0.15, 0.2) is 43.0 Å². The summed E-state index contributed by atoms with van der Waals surface area (Å²) in [7, 11) is 0. The number of benzene rings is 1. The van der Waals surface area contributed by atoms with E-state index in [2.05, 4.69) is 47.2 Å². The highest BCUT2D eigenvalue weighted by Gasteiger charge is 2.05. The SMILES string of the molecule is CCCCn1c[n+](Cc2ccccc2)cn1.[Cl-]. The molecular formula is C13H18ClN3. The lowest BCUT2D eigenvalue weighted by Gasteiger charge is -1.96. The van der Waals surface area contributed by atoms with Crippen LogP contribution in [0.2, 0.25) is 0 Å². The molecule has 92 valence electrons. The van der Waals surface area contributed by atoms with Crippen LogP contribution in [0.25, 0.3) is 0 Å². The smallest absolute Gasteiger partial charge is 0.265 e. The lowest BCUT2D eigenvalue weighted by atomic mass is 10.2. The molecule has 1 aromatic carbocycles. The summed E-state index contributed by atoms with van der Waals surface area (Å²) < 4.78 is 4.12. The highest BCUT2D eigenvalue weighted by Crippen LogP contribution is 1.97. The van der Waals surface area contributed by atoms with E-state index in [1.807, 2.05) is 17.1 Å². The molecule has 2 rings (SSSR count). The maximum absolute atomic E-state index is 4.33. The van der Waals surface area contributed by atoms with E-state index in [9.17, 15) is 0 Å². The van der Waals surface area contributed by atoms with Gasteiger partial charge in [-0.25, -0.2) is 4.57 Å². The monoisotopic (exact) mass is 251 g/mol. The maximum atomic E-state index is 4.33. The third-order valence-corrected chi connectivity index (χ3v) is 2.58. The summed E-state index contributed by atoms with van der Waals surface area (Å²) in [6, 6.07) is 10.4. The summed E-state index contributed by atoms with van der Waals surface area (Å²) in [6.45, 7) is 4.10. The molecule has 0 unspecified atom stereocenters.